The van der Waals surface area contributed by atoms with Crippen LogP contribution in [0.2, 0.25) is 0 Å². The summed E-state index contributed by atoms with van der Waals surface area (Å²) in [5.74, 6) is -0.178. The molecule has 0 saturated heterocycles. The van der Waals surface area contributed by atoms with Crippen molar-refractivity contribution in [1.82, 2.24) is 5.32 Å². The van der Waals surface area contributed by atoms with E-state index in [2.05, 4.69) is 17.9 Å². The summed E-state index contributed by atoms with van der Waals surface area (Å²) in [5, 5.41) is 11.0. The van der Waals surface area contributed by atoms with Crippen molar-refractivity contribution in [1.29, 1.82) is 0 Å². The van der Waals surface area contributed by atoms with E-state index in [0.717, 1.165) is 4.90 Å². The van der Waals surface area contributed by atoms with Gasteiger partial charge in [0.05, 0.1) is 6.61 Å². The highest BCUT2D eigenvalue weighted by atomic mass is 32.1. The van der Waals surface area contributed by atoms with Crippen LogP contribution in [-0.4, -0.2) is 24.2 Å². The Balaban J connectivity index is 2.61. The number of amides is 1. The fourth-order valence-corrected chi connectivity index (χ4v) is 1.03. The monoisotopic (exact) mass is 197 g/mol. The summed E-state index contributed by atoms with van der Waals surface area (Å²) in [7, 11) is 0. The largest absolute Gasteiger partial charge is 0.395 e. The zero-order chi connectivity index (χ0) is 9.68. The normalized spacial score (nSPS) is 9.69. The Hall–Kier alpha value is -1.00. The van der Waals surface area contributed by atoms with E-state index in [-0.39, 0.29) is 19.1 Å². The molecule has 0 atom stereocenters. The number of benzene rings is 1. The van der Waals surface area contributed by atoms with Gasteiger partial charge in [-0.1, -0.05) is 0 Å². The number of thiol groups is 1. The van der Waals surface area contributed by atoms with E-state index in [1.165, 1.54) is 0 Å². The van der Waals surface area contributed by atoms with Gasteiger partial charge in [0.15, 0.2) is 0 Å². The third kappa shape index (κ3) is 3.08. The van der Waals surface area contributed by atoms with E-state index in [1.54, 1.807) is 24.3 Å². The Kier molecular flexibility index (Phi) is 3.79. The van der Waals surface area contributed by atoms with Gasteiger partial charge in [0.25, 0.3) is 5.91 Å². The maximum atomic E-state index is 11.3. The molecule has 13 heavy (non-hydrogen) atoms. The smallest absolute Gasteiger partial charge is 0.251 e. The highest BCUT2D eigenvalue weighted by Gasteiger charge is 2.02. The van der Waals surface area contributed by atoms with Crippen LogP contribution in [0.3, 0.4) is 0 Å². The molecular weight excluding hydrogens is 186 g/mol. The van der Waals surface area contributed by atoms with Crippen molar-refractivity contribution in [3.05, 3.63) is 29.8 Å². The van der Waals surface area contributed by atoms with Crippen LogP contribution in [0.25, 0.3) is 0 Å². The Bertz CT molecular complexity index is 284. The molecule has 2 N–H and O–H groups in total. The molecule has 1 aromatic carbocycles. The predicted octanol–water partition coefficient (Wildman–Crippen LogP) is 0.697. The molecule has 0 saturated carbocycles. The fourth-order valence-electron chi connectivity index (χ4n) is 0.884. The topological polar surface area (TPSA) is 49.3 Å². The van der Waals surface area contributed by atoms with Gasteiger partial charge in [-0.05, 0) is 24.3 Å². The van der Waals surface area contributed by atoms with Gasteiger partial charge in [0.2, 0.25) is 0 Å². The molecule has 3 nitrogen and oxygen atoms in total. The Morgan fingerprint density at radius 2 is 2.00 bits per heavy atom. The lowest BCUT2D eigenvalue weighted by molar-refractivity contribution is 0.0944. The lowest BCUT2D eigenvalue weighted by Gasteiger charge is -2.02. The minimum atomic E-state index is -0.178. The molecule has 1 rings (SSSR count). The molecular formula is C9H11NO2S. The van der Waals surface area contributed by atoms with Crippen molar-refractivity contribution in [2.75, 3.05) is 13.2 Å². The second-order valence-electron chi connectivity index (χ2n) is 2.53. The molecule has 0 fully saturated rings. The SMILES string of the molecule is O=C(NCCO)c1ccc(S)cc1. The van der Waals surface area contributed by atoms with Crippen LogP contribution in [0.1, 0.15) is 10.4 Å². The Morgan fingerprint density at radius 1 is 1.38 bits per heavy atom. The van der Waals surface area contributed by atoms with Gasteiger partial charge in [-0.25, -0.2) is 0 Å². The second-order valence-corrected chi connectivity index (χ2v) is 3.04. The maximum Gasteiger partial charge on any atom is 0.251 e. The van der Waals surface area contributed by atoms with E-state index < -0.39 is 0 Å². The van der Waals surface area contributed by atoms with Crippen LogP contribution < -0.4 is 5.32 Å². The number of aliphatic hydroxyl groups is 1. The van der Waals surface area contributed by atoms with Crippen LogP contribution in [0, 0.1) is 0 Å². The van der Waals surface area contributed by atoms with Gasteiger partial charge >= 0.3 is 0 Å². The molecule has 0 heterocycles. The molecule has 0 aliphatic carbocycles. The average molecular weight is 197 g/mol. The van der Waals surface area contributed by atoms with Crippen molar-refractivity contribution in [2.24, 2.45) is 0 Å². The lowest BCUT2D eigenvalue weighted by Crippen LogP contribution is -2.26. The van der Waals surface area contributed by atoms with Crippen molar-refractivity contribution < 1.29 is 9.90 Å². The summed E-state index contributed by atoms with van der Waals surface area (Å²) < 4.78 is 0. The molecule has 70 valence electrons. The molecule has 0 aromatic heterocycles. The quantitative estimate of drug-likeness (QED) is 0.625. The number of rotatable bonds is 3. The number of aliphatic hydroxyl groups excluding tert-OH is 1. The lowest BCUT2D eigenvalue weighted by atomic mass is 10.2. The third-order valence-electron chi connectivity index (χ3n) is 1.53. The van der Waals surface area contributed by atoms with Crippen molar-refractivity contribution in [3.63, 3.8) is 0 Å². The minimum Gasteiger partial charge on any atom is -0.395 e. The molecule has 0 aliphatic heterocycles. The van der Waals surface area contributed by atoms with Crippen molar-refractivity contribution >= 4 is 18.5 Å². The van der Waals surface area contributed by atoms with Gasteiger partial charge in [-0.2, -0.15) is 0 Å². The maximum absolute atomic E-state index is 11.3. The summed E-state index contributed by atoms with van der Waals surface area (Å²) in [5.41, 5.74) is 0.575. The summed E-state index contributed by atoms with van der Waals surface area (Å²) >= 11 is 4.10. The van der Waals surface area contributed by atoms with Crippen LogP contribution in [0.5, 0.6) is 0 Å². The third-order valence-corrected chi connectivity index (χ3v) is 1.82. The molecule has 1 amide bonds. The molecule has 1 aromatic rings. The van der Waals surface area contributed by atoms with Gasteiger partial charge < -0.3 is 10.4 Å². The molecule has 0 spiro atoms. The summed E-state index contributed by atoms with van der Waals surface area (Å²) in [4.78, 5) is 12.1. The summed E-state index contributed by atoms with van der Waals surface area (Å²) in [6.45, 7) is 0.234. The summed E-state index contributed by atoms with van der Waals surface area (Å²) in [6.07, 6.45) is 0. The first kappa shape index (κ1) is 10.1. The van der Waals surface area contributed by atoms with E-state index in [4.69, 9.17) is 5.11 Å². The van der Waals surface area contributed by atoms with Crippen LogP contribution in [0.15, 0.2) is 29.2 Å². The van der Waals surface area contributed by atoms with Crippen LogP contribution in [-0.2, 0) is 0 Å². The molecule has 0 aliphatic rings. The van der Waals surface area contributed by atoms with Crippen molar-refractivity contribution in [2.45, 2.75) is 4.90 Å². The highest BCUT2D eigenvalue weighted by Crippen LogP contribution is 2.07. The molecule has 0 radical (unpaired) electrons. The zero-order valence-corrected chi connectivity index (χ0v) is 7.92. The second kappa shape index (κ2) is 4.89. The number of hydrogen-bond acceptors (Lipinski definition) is 3. The average Bonchev–Trinajstić information content (AvgIpc) is 2.15. The number of nitrogens with one attached hydrogen (secondary N) is 1. The van der Waals surface area contributed by atoms with E-state index in [0.29, 0.717) is 5.56 Å². The van der Waals surface area contributed by atoms with E-state index in [9.17, 15) is 4.79 Å². The van der Waals surface area contributed by atoms with Gasteiger partial charge in [-0.15, -0.1) is 12.6 Å². The Morgan fingerprint density at radius 3 is 2.54 bits per heavy atom. The van der Waals surface area contributed by atoms with Crippen LogP contribution >= 0.6 is 12.6 Å². The Labute approximate surface area is 82.2 Å². The highest BCUT2D eigenvalue weighted by molar-refractivity contribution is 7.80. The first-order valence-corrected chi connectivity index (χ1v) is 4.37. The minimum absolute atomic E-state index is 0.0452. The first-order valence-electron chi connectivity index (χ1n) is 3.92. The van der Waals surface area contributed by atoms with E-state index in [1.807, 2.05) is 0 Å². The fraction of sp³-hybridized carbons (Fsp3) is 0.222. The zero-order valence-electron chi connectivity index (χ0n) is 7.03. The molecule has 0 bridgehead atoms. The van der Waals surface area contributed by atoms with Crippen LogP contribution in [0.4, 0.5) is 0 Å². The molecule has 4 heteroatoms. The van der Waals surface area contributed by atoms with Gasteiger partial charge in [-0.3, -0.25) is 4.79 Å². The van der Waals surface area contributed by atoms with Gasteiger partial charge in [0.1, 0.15) is 0 Å². The molecule has 0 unspecified atom stereocenters. The van der Waals surface area contributed by atoms with Gasteiger partial charge in [0, 0.05) is 17.0 Å². The number of hydrogen-bond donors (Lipinski definition) is 3. The van der Waals surface area contributed by atoms with Crippen molar-refractivity contribution in [3.8, 4) is 0 Å². The standard InChI is InChI=1S/C9H11NO2S/c11-6-5-10-9(12)7-1-3-8(13)4-2-7/h1-4,11,13H,5-6H2,(H,10,12). The van der Waals surface area contributed by atoms with E-state index >= 15 is 0 Å². The predicted molar refractivity (Wildman–Crippen MR) is 53.1 cm³/mol. The summed E-state index contributed by atoms with van der Waals surface area (Å²) in [6, 6.07) is 6.87. The number of carbonyl (C=O) groups excluding carboxylic acids is 1. The first-order chi connectivity index (χ1) is 6.24. The number of carbonyl (C=O) groups is 1.